The van der Waals surface area contributed by atoms with Crippen LogP contribution in [0.2, 0.25) is 0 Å². The van der Waals surface area contributed by atoms with E-state index >= 15 is 0 Å². The van der Waals surface area contributed by atoms with Crippen molar-refractivity contribution in [1.82, 2.24) is 19.8 Å². The summed E-state index contributed by atoms with van der Waals surface area (Å²) < 4.78 is 5.34. The number of hydrogen-bond donors (Lipinski definition) is 1. The number of rotatable bonds is 4. The van der Waals surface area contributed by atoms with Crippen molar-refractivity contribution in [1.29, 1.82) is 0 Å². The molecule has 3 heterocycles. The van der Waals surface area contributed by atoms with E-state index in [4.69, 9.17) is 4.74 Å². The van der Waals surface area contributed by atoms with Crippen molar-refractivity contribution in [3.05, 3.63) is 30.1 Å². The fourth-order valence-corrected chi connectivity index (χ4v) is 4.12. The lowest BCUT2D eigenvalue weighted by Crippen LogP contribution is -2.55. The number of amides is 2. The van der Waals surface area contributed by atoms with Crippen molar-refractivity contribution < 1.29 is 14.3 Å². The molecule has 2 saturated heterocycles. The van der Waals surface area contributed by atoms with Crippen LogP contribution in [0.25, 0.3) is 11.0 Å². The van der Waals surface area contributed by atoms with Gasteiger partial charge >= 0.3 is 6.09 Å². The molecule has 0 saturated carbocycles. The second kappa shape index (κ2) is 7.45. The van der Waals surface area contributed by atoms with Crippen LogP contribution < -0.4 is 0 Å². The minimum atomic E-state index is -0.214. The first-order valence-corrected chi connectivity index (χ1v) is 10.1. The number of aromatic nitrogens is 2. The highest BCUT2D eigenvalue weighted by atomic mass is 16.6. The molecule has 0 unspecified atom stereocenters. The molecule has 1 aromatic heterocycles. The van der Waals surface area contributed by atoms with Gasteiger partial charge in [0.2, 0.25) is 5.91 Å². The second-order valence-electron chi connectivity index (χ2n) is 8.66. The van der Waals surface area contributed by atoms with Crippen LogP contribution in [0.1, 0.15) is 38.9 Å². The van der Waals surface area contributed by atoms with Gasteiger partial charge in [-0.15, -0.1) is 0 Å². The van der Waals surface area contributed by atoms with E-state index in [1.807, 2.05) is 34.1 Å². The van der Waals surface area contributed by atoms with Gasteiger partial charge in [0.25, 0.3) is 0 Å². The number of aryl methyl sites for hydroxylation is 1. The van der Waals surface area contributed by atoms with E-state index in [1.165, 1.54) is 0 Å². The molecule has 2 aliphatic heterocycles. The van der Waals surface area contributed by atoms with Crippen molar-refractivity contribution in [2.45, 2.75) is 45.6 Å². The third kappa shape index (κ3) is 3.98. The number of cyclic esters (lactones) is 1. The number of H-pyrrole nitrogens is 1. The van der Waals surface area contributed by atoms with E-state index in [2.05, 4.69) is 23.8 Å². The van der Waals surface area contributed by atoms with Crippen molar-refractivity contribution >= 4 is 23.0 Å². The molecule has 150 valence electrons. The largest absolute Gasteiger partial charge is 0.449 e. The summed E-state index contributed by atoms with van der Waals surface area (Å²) in [6, 6.07) is 8.05. The molecule has 4 rings (SSSR count). The Hall–Kier alpha value is -2.57. The normalized spacial score (nSPS) is 20.4. The number of para-hydroxylation sites is 2. The molecule has 2 aliphatic rings. The van der Waals surface area contributed by atoms with Crippen LogP contribution in [0.5, 0.6) is 0 Å². The topological polar surface area (TPSA) is 78.5 Å². The van der Waals surface area contributed by atoms with Crippen LogP contribution in [-0.2, 0) is 16.0 Å². The Morgan fingerprint density at radius 3 is 2.79 bits per heavy atom. The third-order valence-corrected chi connectivity index (χ3v) is 5.69. The summed E-state index contributed by atoms with van der Waals surface area (Å²) >= 11 is 0. The van der Waals surface area contributed by atoms with Crippen LogP contribution in [0, 0.1) is 5.41 Å². The molecule has 7 nitrogen and oxygen atoms in total. The van der Waals surface area contributed by atoms with E-state index in [0.29, 0.717) is 32.5 Å². The number of carbonyl (C=O) groups is 2. The maximum Gasteiger partial charge on any atom is 0.410 e. The van der Waals surface area contributed by atoms with Gasteiger partial charge in [0.15, 0.2) is 0 Å². The first-order valence-electron chi connectivity index (χ1n) is 10.1. The summed E-state index contributed by atoms with van der Waals surface area (Å²) in [4.78, 5) is 36.4. The molecule has 0 bridgehead atoms. The Morgan fingerprint density at radius 1 is 1.29 bits per heavy atom. The highest BCUT2D eigenvalue weighted by molar-refractivity contribution is 5.77. The molecule has 2 aromatic rings. The summed E-state index contributed by atoms with van der Waals surface area (Å²) in [5.41, 5.74) is 1.91. The summed E-state index contributed by atoms with van der Waals surface area (Å²) in [5, 5.41) is 0. The summed E-state index contributed by atoms with van der Waals surface area (Å²) in [5.74, 6) is 1.00. The number of fused-ring (bicyclic) bond motifs is 1. The number of likely N-dealkylation sites (tertiary alicyclic amines) is 1. The van der Waals surface area contributed by atoms with E-state index < -0.39 is 0 Å². The number of benzene rings is 1. The maximum absolute atomic E-state index is 12.6. The van der Waals surface area contributed by atoms with Crippen molar-refractivity contribution in [3.63, 3.8) is 0 Å². The number of piperidine rings is 1. The van der Waals surface area contributed by atoms with Gasteiger partial charge in [0.1, 0.15) is 5.82 Å². The molecule has 2 amide bonds. The van der Waals surface area contributed by atoms with Gasteiger partial charge < -0.3 is 19.5 Å². The summed E-state index contributed by atoms with van der Waals surface area (Å²) in [6.45, 7) is 6.80. The second-order valence-corrected chi connectivity index (χ2v) is 8.66. The molecule has 0 spiro atoms. The SMILES string of the molecule is CC1(C)COC(=O)N(C2CCN(C(=O)CCc3nc4ccccc4[nH]3)CC2)C1. The standard InChI is InChI=1S/C21H28N4O3/c1-21(2)13-25(20(27)28-14-21)15-9-11-24(12-10-15)19(26)8-7-18-22-16-5-3-4-6-17(16)23-18/h3-6,15H,7-14H2,1-2H3,(H,22,23). The maximum atomic E-state index is 12.6. The van der Waals surface area contributed by atoms with Crippen LogP contribution in [0.3, 0.4) is 0 Å². The van der Waals surface area contributed by atoms with Crippen LogP contribution in [0.15, 0.2) is 24.3 Å². The van der Waals surface area contributed by atoms with Crippen LogP contribution >= 0.6 is 0 Å². The number of hydrogen-bond acceptors (Lipinski definition) is 4. The van der Waals surface area contributed by atoms with Gasteiger partial charge in [-0.3, -0.25) is 4.79 Å². The molecule has 0 radical (unpaired) electrons. The minimum absolute atomic E-state index is 0.0204. The third-order valence-electron chi connectivity index (χ3n) is 5.69. The van der Waals surface area contributed by atoms with Gasteiger partial charge in [-0.1, -0.05) is 26.0 Å². The fraction of sp³-hybridized carbons (Fsp3) is 0.571. The zero-order valence-corrected chi connectivity index (χ0v) is 16.6. The highest BCUT2D eigenvalue weighted by Gasteiger charge is 2.38. The predicted octanol–water partition coefficient (Wildman–Crippen LogP) is 2.96. The molecule has 28 heavy (non-hydrogen) atoms. The number of carbonyl (C=O) groups excluding carboxylic acids is 2. The Morgan fingerprint density at radius 2 is 2.04 bits per heavy atom. The summed E-state index contributed by atoms with van der Waals surface area (Å²) in [7, 11) is 0. The predicted molar refractivity (Wildman–Crippen MR) is 106 cm³/mol. The van der Waals surface area contributed by atoms with Crippen LogP contribution in [-0.4, -0.2) is 64.1 Å². The van der Waals surface area contributed by atoms with Gasteiger partial charge in [-0.25, -0.2) is 9.78 Å². The van der Waals surface area contributed by atoms with Gasteiger partial charge in [-0.05, 0) is 25.0 Å². The lowest BCUT2D eigenvalue weighted by molar-refractivity contribution is -0.132. The van der Waals surface area contributed by atoms with Gasteiger partial charge in [0.05, 0.1) is 17.6 Å². The highest BCUT2D eigenvalue weighted by Crippen LogP contribution is 2.28. The number of aromatic amines is 1. The minimum Gasteiger partial charge on any atom is -0.449 e. The van der Waals surface area contributed by atoms with E-state index in [0.717, 1.165) is 36.2 Å². The number of nitrogens with one attached hydrogen (secondary N) is 1. The molecule has 0 atom stereocenters. The van der Waals surface area contributed by atoms with E-state index in [9.17, 15) is 9.59 Å². The lowest BCUT2D eigenvalue weighted by Gasteiger charge is -2.44. The zero-order valence-electron chi connectivity index (χ0n) is 16.6. The molecule has 0 aliphatic carbocycles. The van der Waals surface area contributed by atoms with Gasteiger partial charge in [0, 0.05) is 43.9 Å². The molecule has 1 aromatic carbocycles. The fourth-order valence-electron chi connectivity index (χ4n) is 4.12. The average Bonchev–Trinajstić information content (AvgIpc) is 3.11. The smallest absolute Gasteiger partial charge is 0.410 e. The molecular weight excluding hydrogens is 356 g/mol. The molecule has 2 fully saturated rings. The molecule has 7 heteroatoms. The Labute approximate surface area is 165 Å². The first-order chi connectivity index (χ1) is 13.4. The number of ether oxygens (including phenoxy) is 1. The van der Waals surface area contributed by atoms with Crippen molar-refractivity contribution in [2.75, 3.05) is 26.2 Å². The van der Waals surface area contributed by atoms with E-state index in [1.54, 1.807) is 0 Å². The number of imidazole rings is 1. The van der Waals surface area contributed by atoms with Gasteiger partial charge in [-0.2, -0.15) is 0 Å². The monoisotopic (exact) mass is 384 g/mol. The van der Waals surface area contributed by atoms with Crippen molar-refractivity contribution in [3.8, 4) is 0 Å². The Balaban J connectivity index is 1.28. The Kier molecular flexibility index (Phi) is 5.00. The molecule has 1 N–H and O–H groups in total. The van der Waals surface area contributed by atoms with Crippen LogP contribution in [0.4, 0.5) is 4.79 Å². The summed E-state index contributed by atoms with van der Waals surface area (Å²) in [6.07, 6.45) is 2.46. The number of nitrogens with zero attached hydrogens (tertiary/aromatic N) is 3. The Bertz CT molecular complexity index is 834. The quantitative estimate of drug-likeness (QED) is 0.879. The lowest BCUT2D eigenvalue weighted by atomic mass is 9.91. The zero-order chi connectivity index (χ0) is 19.7. The van der Waals surface area contributed by atoms with Crippen molar-refractivity contribution in [2.24, 2.45) is 5.41 Å². The molecular formula is C21H28N4O3. The average molecular weight is 384 g/mol. The first kappa shape index (κ1) is 18.8. The van der Waals surface area contributed by atoms with E-state index in [-0.39, 0.29) is 23.5 Å².